The van der Waals surface area contributed by atoms with Gasteiger partial charge < -0.3 is 9.84 Å². The predicted octanol–water partition coefficient (Wildman–Crippen LogP) is 2.41. The van der Waals surface area contributed by atoms with Gasteiger partial charge in [-0.15, -0.1) is 0 Å². The van der Waals surface area contributed by atoms with Gasteiger partial charge >= 0.3 is 6.18 Å². The third kappa shape index (κ3) is 3.41. The molecule has 0 aliphatic rings. The highest BCUT2D eigenvalue weighted by atomic mass is 19.4. The number of rotatable bonds is 4. The van der Waals surface area contributed by atoms with E-state index in [1.165, 1.54) is 13.2 Å². The standard InChI is InChI=1S/C11H13F3O2/c1-16-10-4-2-3-8(6-10)5-9(7-15)11(12,13)14/h2-4,6,9,15H,5,7H2,1H3. The number of benzene rings is 1. The van der Waals surface area contributed by atoms with E-state index in [9.17, 15) is 13.2 Å². The van der Waals surface area contributed by atoms with Gasteiger partial charge in [-0.25, -0.2) is 0 Å². The van der Waals surface area contributed by atoms with E-state index < -0.39 is 18.7 Å². The van der Waals surface area contributed by atoms with Gasteiger partial charge in [0.15, 0.2) is 0 Å². The molecule has 0 aromatic heterocycles. The van der Waals surface area contributed by atoms with E-state index >= 15 is 0 Å². The zero-order valence-electron chi connectivity index (χ0n) is 8.79. The molecule has 1 rings (SSSR count). The zero-order chi connectivity index (χ0) is 12.2. The second-order valence-corrected chi connectivity index (χ2v) is 3.48. The molecule has 0 saturated heterocycles. The van der Waals surface area contributed by atoms with Crippen LogP contribution in [-0.2, 0) is 6.42 Å². The number of hydrogen-bond acceptors (Lipinski definition) is 2. The lowest BCUT2D eigenvalue weighted by Crippen LogP contribution is -2.28. The fourth-order valence-electron chi connectivity index (χ4n) is 1.37. The summed E-state index contributed by atoms with van der Waals surface area (Å²) < 4.78 is 42.1. The summed E-state index contributed by atoms with van der Waals surface area (Å²) in [6, 6.07) is 6.40. The van der Waals surface area contributed by atoms with Gasteiger partial charge in [0, 0.05) is 0 Å². The summed E-state index contributed by atoms with van der Waals surface area (Å²) in [5.74, 6) is -1.21. The Bertz CT molecular complexity index is 336. The predicted molar refractivity (Wildman–Crippen MR) is 53.3 cm³/mol. The lowest BCUT2D eigenvalue weighted by atomic mass is 9.99. The lowest BCUT2D eigenvalue weighted by molar-refractivity contribution is -0.183. The van der Waals surface area contributed by atoms with E-state index in [-0.39, 0.29) is 6.42 Å². The molecule has 0 heterocycles. The van der Waals surface area contributed by atoms with Crippen LogP contribution in [0.3, 0.4) is 0 Å². The van der Waals surface area contributed by atoms with Crippen LogP contribution in [0.1, 0.15) is 5.56 Å². The topological polar surface area (TPSA) is 29.5 Å². The highest BCUT2D eigenvalue weighted by Gasteiger charge is 2.38. The average Bonchev–Trinajstić information content (AvgIpc) is 2.24. The molecule has 0 radical (unpaired) electrons. The summed E-state index contributed by atoms with van der Waals surface area (Å²) in [5, 5.41) is 8.70. The molecule has 5 heteroatoms. The fourth-order valence-corrected chi connectivity index (χ4v) is 1.37. The number of halogens is 3. The van der Waals surface area contributed by atoms with Gasteiger partial charge in [0.1, 0.15) is 5.75 Å². The number of aliphatic hydroxyl groups is 1. The summed E-state index contributed by atoms with van der Waals surface area (Å²) in [7, 11) is 1.45. The Hall–Kier alpha value is -1.23. The largest absolute Gasteiger partial charge is 0.497 e. The van der Waals surface area contributed by atoms with Gasteiger partial charge in [-0.3, -0.25) is 0 Å². The Morgan fingerprint density at radius 1 is 1.38 bits per heavy atom. The Morgan fingerprint density at radius 3 is 2.56 bits per heavy atom. The molecule has 0 bridgehead atoms. The monoisotopic (exact) mass is 234 g/mol. The Labute approximate surface area is 91.7 Å². The van der Waals surface area contributed by atoms with Crippen LogP contribution in [0.2, 0.25) is 0 Å². The van der Waals surface area contributed by atoms with Crippen molar-refractivity contribution in [1.29, 1.82) is 0 Å². The third-order valence-corrected chi connectivity index (χ3v) is 2.30. The highest BCUT2D eigenvalue weighted by molar-refractivity contribution is 5.28. The van der Waals surface area contributed by atoms with Crippen LogP contribution in [0.25, 0.3) is 0 Å². The lowest BCUT2D eigenvalue weighted by Gasteiger charge is -2.17. The molecule has 1 aromatic rings. The fraction of sp³-hybridized carbons (Fsp3) is 0.455. The molecule has 90 valence electrons. The van der Waals surface area contributed by atoms with Crippen molar-refractivity contribution in [2.45, 2.75) is 12.6 Å². The molecule has 16 heavy (non-hydrogen) atoms. The molecule has 0 saturated carbocycles. The van der Waals surface area contributed by atoms with E-state index in [2.05, 4.69) is 0 Å². The van der Waals surface area contributed by atoms with Crippen LogP contribution >= 0.6 is 0 Å². The van der Waals surface area contributed by atoms with Crippen molar-refractivity contribution < 1.29 is 23.0 Å². The minimum atomic E-state index is -4.38. The summed E-state index contributed by atoms with van der Waals surface area (Å²) in [6.07, 6.45) is -4.62. The van der Waals surface area contributed by atoms with Crippen molar-refractivity contribution in [3.8, 4) is 5.75 Å². The van der Waals surface area contributed by atoms with E-state index in [1.54, 1.807) is 18.2 Å². The SMILES string of the molecule is COc1cccc(CC(CO)C(F)(F)F)c1. The summed E-state index contributed by atoms with van der Waals surface area (Å²) in [5.41, 5.74) is 0.496. The van der Waals surface area contributed by atoms with Gasteiger partial charge in [0.05, 0.1) is 19.6 Å². The molecule has 1 aromatic carbocycles. The first kappa shape index (κ1) is 12.8. The Morgan fingerprint density at radius 2 is 2.06 bits per heavy atom. The van der Waals surface area contributed by atoms with E-state index in [0.29, 0.717) is 11.3 Å². The van der Waals surface area contributed by atoms with Crippen LogP contribution in [0.15, 0.2) is 24.3 Å². The molecular formula is C11H13F3O2. The molecule has 0 amide bonds. The van der Waals surface area contributed by atoms with Crippen molar-refractivity contribution in [3.05, 3.63) is 29.8 Å². The van der Waals surface area contributed by atoms with Crippen LogP contribution < -0.4 is 4.74 Å². The van der Waals surface area contributed by atoms with Gasteiger partial charge in [-0.1, -0.05) is 12.1 Å². The maximum Gasteiger partial charge on any atom is 0.394 e. The highest BCUT2D eigenvalue weighted by Crippen LogP contribution is 2.29. The molecule has 1 atom stereocenters. The van der Waals surface area contributed by atoms with E-state index in [1.807, 2.05) is 0 Å². The molecule has 1 N–H and O–H groups in total. The van der Waals surface area contributed by atoms with Crippen molar-refractivity contribution in [3.63, 3.8) is 0 Å². The van der Waals surface area contributed by atoms with Crippen LogP contribution in [0.5, 0.6) is 5.75 Å². The van der Waals surface area contributed by atoms with Crippen molar-refractivity contribution in [1.82, 2.24) is 0 Å². The van der Waals surface area contributed by atoms with Crippen LogP contribution in [0, 0.1) is 5.92 Å². The molecule has 0 spiro atoms. The van der Waals surface area contributed by atoms with Crippen LogP contribution in [-0.4, -0.2) is 25.0 Å². The van der Waals surface area contributed by atoms with E-state index in [0.717, 1.165) is 0 Å². The summed E-state index contributed by atoms with van der Waals surface area (Å²) >= 11 is 0. The molecule has 0 aliphatic heterocycles. The zero-order valence-corrected chi connectivity index (χ0v) is 8.79. The first-order chi connectivity index (χ1) is 7.47. The minimum absolute atomic E-state index is 0.239. The summed E-state index contributed by atoms with van der Waals surface area (Å²) in [6.45, 7) is -0.902. The smallest absolute Gasteiger partial charge is 0.394 e. The second-order valence-electron chi connectivity index (χ2n) is 3.48. The molecule has 0 fully saturated rings. The van der Waals surface area contributed by atoms with Crippen molar-refractivity contribution in [2.24, 2.45) is 5.92 Å². The number of hydrogen-bond donors (Lipinski definition) is 1. The minimum Gasteiger partial charge on any atom is -0.497 e. The number of ether oxygens (including phenoxy) is 1. The van der Waals surface area contributed by atoms with Gasteiger partial charge in [0.2, 0.25) is 0 Å². The number of methoxy groups -OCH3 is 1. The van der Waals surface area contributed by atoms with Gasteiger partial charge in [-0.2, -0.15) is 13.2 Å². The number of aliphatic hydroxyl groups excluding tert-OH is 1. The maximum atomic E-state index is 12.4. The number of alkyl halides is 3. The summed E-state index contributed by atoms with van der Waals surface area (Å²) in [4.78, 5) is 0. The third-order valence-electron chi connectivity index (χ3n) is 2.30. The second kappa shape index (κ2) is 5.21. The molecular weight excluding hydrogens is 221 g/mol. The maximum absolute atomic E-state index is 12.4. The Balaban J connectivity index is 2.78. The molecule has 1 unspecified atom stereocenters. The van der Waals surface area contributed by atoms with Crippen molar-refractivity contribution >= 4 is 0 Å². The Kier molecular flexibility index (Phi) is 4.18. The van der Waals surface area contributed by atoms with Crippen LogP contribution in [0.4, 0.5) is 13.2 Å². The molecule has 2 nitrogen and oxygen atoms in total. The van der Waals surface area contributed by atoms with Crippen molar-refractivity contribution in [2.75, 3.05) is 13.7 Å². The quantitative estimate of drug-likeness (QED) is 0.866. The normalized spacial score (nSPS) is 13.6. The first-order valence-corrected chi connectivity index (χ1v) is 4.78. The first-order valence-electron chi connectivity index (χ1n) is 4.78. The molecule has 0 aliphatic carbocycles. The van der Waals surface area contributed by atoms with Gasteiger partial charge in [-0.05, 0) is 24.1 Å². The average molecular weight is 234 g/mol. The van der Waals surface area contributed by atoms with Gasteiger partial charge in [0.25, 0.3) is 0 Å². The van der Waals surface area contributed by atoms with E-state index in [4.69, 9.17) is 9.84 Å².